The fourth-order valence-corrected chi connectivity index (χ4v) is 2.56. The Kier molecular flexibility index (Phi) is 2.75. The number of rotatable bonds is 2. The molecule has 0 amide bonds. The van der Waals surface area contributed by atoms with Crippen LogP contribution >= 0.6 is 0 Å². The summed E-state index contributed by atoms with van der Waals surface area (Å²) < 4.78 is 0. The molecule has 0 fully saturated rings. The van der Waals surface area contributed by atoms with Crippen LogP contribution in [0, 0.1) is 0 Å². The van der Waals surface area contributed by atoms with Gasteiger partial charge in [0.2, 0.25) is 0 Å². The Bertz CT molecular complexity index is 917. The smallest absolute Gasteiger partial charge is 0.141 e. The highest BCUT2D eigenvalue weighted by atomic mass is 15.0. The first-order valence-corrected chi connectivity index (χ1v) is 6.86. The molecule has 0 bridgehead atoms. The summed E-state index contributed by atoms with van der Waals surface area (Å²) in [7, 11) is 0. The van der Waals surface area contributed by atoms with Gasteiger partial charge in [-0.25, -0.2) is 9.97 Å². The molecule has 3 heteroatoms. The number of anilines is 2. The lowest BCUT2D eigenvalue weighted by Crippen LogP contribution is -1.96. The second-order valence-corrected chi connectivity index (χ2v) is 4.90. The summed E-state index contributed by atoms with van der Waals surface area (Å²) >= 11 is 0. The second-order valence-electron chi connectivity index (χ2n) is 4.90. The lowest BCUT2D eigenvalue weighted by molar-refractivity contribution is 1.22. The molecule has 0 spiro atoms. The van der Waals surface area contributed by atoms with E-state index in [1.807, 2.05) is 42.5 Å². The Hall–Kier alpha value is -2.94. The minimum absolute atomic E-state index is 0.831. The van der Waals surface area contributed by atoms with Crippen molar-refractivity contribution in [1.29, 1.82) is 0 Å². The zero-order valence-electron chi connectivity index (χ0n) is 11.3. The molecule has 4 rings (SSSR count). The Morgan fingerprint density at radius 1 is 0.667 bits per heavy atom. The van der Waals surface area contributed by atoms with E-state index in [2.05, 4.69) is 39.6 Å². The van der Waals surface area contributed by atoms with Gasteiger partial charge >= 0.3 is 0 Å². The van der Waals surface area contributed by atoms with Gasteiger partial charge in [0.1, 0.15) is 12.1 Å². The second kappa shape index (κ2) is 4.87. The monoisotopic (exact) mass is 271 g/mol. The van der Waals surface area contributed by atoms with E-state index in [-0.39, 0.29) is 0 Å². The molecule has 3 nitrogen and oxygen atoms in total. The Balaban J connectivity index is 1.92. The molecule has 1 heterocycles. The highest BCUT2D eigenvalue weighted by molar-refractivity contribution is 6.08. The minimum atomic E-state index is 0.831. The van der Waals surface area contributed by atoms with Gasteiger partial charge < -0.3 is 5.32 Å². The lowest BCUT2D eigenvalue weighted by Gasteiger charge is -2.09. The maximum Gasteiger partial charge on any atom is 0.141 e. The van der Waals surface area contributed by atoms with E-state index in [0.29, 0.717) is 0 Å². The molecule has 0 aliphatic carbocycles. The molecular weight excluding hydrogens is 258 g/mol. The van der Waals surface area contributed by atoms with Crippen molar-refractivity contribution in [2.45, 2.75) is 0 Å². The fraction of sp³-hybridized carbons (Fsp3) is 0. The van der Waals surface area contributed by atoms with E-state index in [1.165, 1.54) is 5.39 Å². The number of fused-ring (bicyclic) bond motifs is 3. The Morgan fingerprint density at radius 2 is 1.48 bits per heavy atom. The van der Waals surface area contributed by atoms with Crippen LogP contribution in [0.3, 0.4) is 0 Å². The fourth-order valence-electron chi connectivity index (χ4n) is 2.56. The zero-order chi connectivity index (χ0) is 14.1. The SMILES string of the molecule is c1ccc(Nc2ncnc3c2ccc2ccccc23)cc1. The van der Waals surface area contributed by atoms with E-state index < -0.39 is 0 Å². The van der Waals surface area contributed by atoms with Crippen LogP contribution in [0.4, 0.5) is 11.5 Å². The van der Waals surface area contributed by atoms with Crippen LogP contribution in [0.25, 0.3) is 21.7 Å². The highest BCUT2D eigenvalue weighted by Gasteiger charge is 2.07. The molecule has 0 saturated heterocycles. The number of nitrogens with one attached hydrogen (secondary N) is 1. The summed E-state index contributed by atoms with van der Waals surface area (Å²) in [5.41, 5.74) is 1.99. The minimum Gasteiger partial charge on any atom is -0.340 e. The topological polar surface area (TPSA) is 37.8 Å². The van der Waals surface area contributed by atoms with Crippen molar-refractivity contribution < 1.29 is 0 Å². The van der Waals surface area contributed by atoms with Crippen LogP contribution in [0.2, 0.25) is 0 Å². The average molecular weight is 271 g/mol. The molecule has 1 N–H and O–H groups in total. The highest BCUT2D eigenvalue weighted by Crippen LogP contribution is 2.28. The van der Waals surface area contributed by atoms with Crippen molar-refractivity contribution in [2.75, 3.05) is 5.32 Å². The third-order valence-electron chi connectivity index (χ3n) is 3.57. The van der Waals surface area contributed by atoms with E-state index in [9.17, 15) is 0 Å². The average Bonchev–Trinajstić information content (AvgIpc) is 2.56. The largest absolute Gasteiger partial charge is 0.340 e. The number of benzene rings is 3. The molecule has 1 aromatic heterocycles. The molecule has 0 radical (unpaired) electrons. The first kappa shape index (κ1) is 11.9. The normalized spacial score (nSPS) is 10.9. The maximum atomic E-state index is 4.46. The van der Waals surface area contributed by atoms with E-state index >= 15 is 0 Å². The van der Waals surface area contributed by atoms with Crippen LogP contribution in [-0.2, 0) is 0 Å². The molecule has 0 saturated carbocycles. The molecule has 0 aliphatic rings. The van der Waals surface area contributed by atoms with Gasteiger partial charge in [0.05, 0.1) is 5.52 Å². The molecular formula is C18H13N3. The third kappa shape index (κ3) is 2.09. The molecule has 21 heavy (non-hydrogen) atoms. The molecule has 4 aromatic rings. The first-order chi connectivity index (χ1) is 10.4. The van der Waals surface area contributed by atoms with Gasteiger partial charge in [0, 0.05) is 16.5 Å². The van der Waals surface area contributed by atoms with Crippen LogP contribution < -0.4 is 5.32 Å². The van der Waals surface area contributed by atoms with Crippen LogP contribution in [0.1, 0.15) is 0 Å². The molecule has 0 atom stereocenters. The molecule has 0 aliphatic heterocycles. The predicted molar refractivity (Wildman–Crippen MR) is 86.8 cm³/mol. The van der Waals surface area contributed by atoms with Crippen molar-refractivity contribution in [3.8, 4) is 0 Å². The van der Waals surface area contributed by atoms with E-state index in [4.69, 9.17) is 0 Å². The quantitative estimate of drug-likeness (QED) is 0.544. The van der Waals surface area contributed by atoms with Crippen molar-refractivity contribution in [3.05, 3.63) is 73.1 Å². The van der Waals surface area contributed by atoms with Crippen LogP contribution in [-0.4, -0.2) is 9.97 Å². The molecule has 3 aromatic carbocycles. The Labute approximate surface area is 122 Å². The van der Waals surface area contributed by atoms with Gasteiger partial charge in [-0.2, -0.15) is 0 Å². The van der Waals surface area contributed by atoms with Crippen LogP contribution in [0.5, 0.6) is 0 Å². The number of para-hydroxylation sites is 1. The van der Waals surface area contributed by atoms with Crippen molar-refractivity contribution in [1.82, 2.24) is 9.97 Å². The summed E-state index contributed by atoms with van der Waals surface area (Å²) in [6.45, 7) is 0. The molecule has 0 unspecified atom stereocenters. The number of hydrogen-bond donors (Lipinski definition) is 1. The molecule has 100 valence electrons. The maximum absolute atomic E-state index is 4.46. The summed E-state index contributed by atoms with van der Waals surface area (Å²) in [6, 6.07) is 22.5. The Morgan fingerprint density at radius 3 is 2.38 bits per heavy atom. The van der Waals surface area contributed by atoms with Crippen molar-refractivity contribution >= 4 is 33.2 Å². The van der Waals surface area contributed by atoms with Crippen LogP contribution in [0.15, 0.2) is 73.1 Å². The summed E-state index contributed by atoms with van der Waals surface area (Å²) in [4.78, 5) is 8.85. The number of aromatic nitrogens is 2. The zero-order valence-corrected chi connectivity index (χ0v) is 11.3. The van der Waals surface area contributed by atoms with Crippen molar-refractivity contribution in [2.24, 2.45) is 0 Å². The van der Waals surface area contributed by atoms with Gasteiger partial charge in [0.15, 0.2) is 0 Å². The summed E-state index contributed by atoms with van der Waals surface area (Å²) in [5, 5.41) is 6.72. The predicted octanol–water partition coefficient (Wildman–Crippen LogP) is 4.53. The summed E-state index contributed by atoms with van der Waals surface area (Å²) in [6.07, 6.45) is 1.61. The van der Waals surface area contributed by atoms with E-state index in [1.54, 1.807) is 6.33 Å². The summed E-state index contributed by atoms with van der Waals surface area (Å²) in [5.74, 6) is 0.831. The number of nitrogens with zero attached hydrogens (tertiary/aromatic N) is 2. The van der Waals surface area contributed by atoms with Gasteiger partial charge in [0.25, 0.3) is 0 Å². The van der Waals surface area contributed by atoms with Gasteiger partial charge in [-0.05, 0) is 23.6 Å². The third-order valence-corrected chi connectivity index (χ3v) is 3.57. The number of hydrogen-bond acceptors (Lipinski definition) is 3. The van der Waals surface area contributed by atoms with Gasteiger partial charge in [-0.15, -0.1) is 0 Å². The lowest BCUT2D eigenvalue weighted by atomic mass is 10.1. The standard InChI is InChI=1S/C18H13N3/c1-2-7-14(8-3-1)21-18-16-11-10-13-6-4-5-9-15(13)17(16)19-12-20-18/h1-12H,(H,19,20,21). The first-order valence-electron chi connectivity index (χ1n) is 6.86. The van der Waals surface area contributed by atoms with Gasteiger partial charge in [-0.3, -0.25) is 0 Å². The van der Waals surface area contributed by atoms with Gasteiger partial charge in [-0.1, -0.05) is 48.5 Å². The van der Waals surface area contributed by atoms with Crippen molar-refractivity contribution in [3.63, 3.8) is 0 Å². The van der Waals surface area contributed by atoms with E-state index in [0.717, 1.165) is 27.8 Å².